The van der Waals surface area contributed by atoms with Crippen LogP contribution in [-0.4, -0.2) is 67.8 Å². The van der Waals surface area contributed by atoms with Gasteiger partial charge in [0.05, 0.1) is 18.1 Å². The van der Waals surface area contributed by atoms with Gasteiger partial charge in [-0.2, -0.15) is 0 Å². The minimum absolute atomic E-state index is 0.0289. The molecule has 14 nitrogen and oxygen atoms in total. The van der Waals surface area contributed by atoms with Gasteiger partial charge in [-0.1, -0.05) is 12.1 Å². The minimum Gasteiger partial charge on any atom is -0.480 e. The van der Waals surface area contributed by atoms with Crippen molar-refractivity contribution in [2.75, 3.05) is 19.7 Å². The molecule has 15 heteroatoms. The Balaban J connectivity index is 3.05. The predicted molar refractivity (Wildman–Crippen MR) is 117 cm³/mol. The number of hydrogen-bond donors (Lipinski definition) is 4. The zero-order valence-corrected chi connectivity index (χ0v) is 19.9. The van der Waals surface area contributed by atoms with Crippen LogP contribution in [0.5, 0.6) is 0 Å². The van der Waals surface area contributed by atoms with Gasteiger partial charge in [-0.25, -0.2) is 22.7 Å². The number of carboxylic acids is 1. The van der Waals surface area contributed by atoms with Gasteiger partial charge in [-0.3, -0.25) is 14.9 Å². The van der Waals surface area contributed by atoms with Gasteiger partial charge in [-0.05, 0) is 33.8 Å². The van der Waals surface area contributed by atoms with E-state index in [0.717, 1.165) is 6.07 Å². The molecule has 1 aromatic carbocycles. The van der Waals surface area contributed by atoms with E-state index in [4.69, 9.17) is 9.47 Å². The number of sulfonamides is 1. The largest absolute Gasteiger partial charge is 0.480 e. The van der Waals surface area contributed by atoms with Crippen LogP contribution < -0.4 is 15.4 Å². The topological polar surface area (TPSA) is 203 Å². The number of amides is 1. The fourth-order valence-corrected chi connectivity index (χ4v) is 3.83. The van der Waals surface area contributed by atoms with Crippen molar-refractivity contribution in [1.29, 1.82) is 0 Å². The van der Waals surface area contributed by atoms with Crippen molar-refractivity contribution in [3.63, 3.8) is 0 Å². The molecule has 1 aromatic rings. The summed E-state index contributed by atoms with van der Waals surface area (Å²) in [5.41, 5.74) is -1.70. The number of nitrogens with zero attached hydrogens (tertiary/aromatic N) is 1. The van der Waals surface area contributed by atoms with E-state index >= 15 is 0 Å². The van der Waals surface area contributed by atoms with Gasteiger partial charge in [0.2, 0.25) is 10.0 Å². The lowest BCUT2D eigenvalue weighted by Gasteiger charge is -2.22. The zero-order valence-electron chi connectivity index (χ0n) is 19.1. The smallest absolute Gasteiger partial charge is 0.408 e. The Hall–Kier alpha value is -3.30. The zero-order chi connectivity index (χ0) is 26.1. The molecule has 4 N–H and O–H groups in total. The lowest BCUT2D eigenvalue weighted by molar-refractivity contribution is -0.388. The second-order valence-electron chi connectivity index (χ2n) is 7.82. The van der Waals surface area contributed by atoms with Crippen LogP contribution in [0.15, 0.2) is 23.1 Å². The van der Waals surface area contributed by atoms with Crippen molar-refractivity contribution in [3.05, 3.63) is 33.9 Å². The molecule has 190 valence electrons. The molecule has 0 aliphatic rings. The van der Waals surface area contributed by atoms with E-state index in [1.165, 1.54) is 12.1 Å². The summed E-state index contributed by atoms with van der Waals surface area (Å²) in [6.45, 7) is 5.16. The maximum atomic E-state index is 12.8. The number of benzene rings is 1. The van der Waals surface area contributed by atoms with Crippen LogP contribution in [0, 0.1) is 10.1 Å². The molecule has 0 spiro atoms. The highest BCUT2D eigenvalue weighted by Gasteiger charge is 2.31. The number of nitro groups is 1. The van der Waals surface area contributed by atoms with E-state index in [1.54, 1.807) is 27.7 Å². The average molecular weight is 505 g/mol. The molecule has 1 amide bonds. The molecule has 0 bridgehead atoms. The van der Waals surface area contributed by atoms with Crippen molar-refractivity contribution in [2.24, 2.45) is 0 Å². The number of alkyl carbamates (subject to hydrolysis) is 1. The first-order chi connectivity index (χ1) is 15.7. The Morgan fingerprint density at radius 1 is 1.24 bits per heavy atom. The summed E-state index contributed by atoms with van der Waals surface area (Å²) in [6.07, 6.45) is -1.08. The summed E-state index contributed by atoms with van der Waals surface area (Å²) >= 11 is 0. The lowest BCUT2D eigenvalue weighted by atomic mass is 10.2. The number of ether oxygens (including phenoxy) is 2. The number of carbonyl (C=O) groups is 3. The summed E-state index contributed by atoms with van der Waals surface area (Å²) in [5, 5.41) is 25.6. The quantitative estimate of drug-likeness (QED) is 0.175. The van der Waals surface area contributed by atoms with Crippen molar-refractivity contribution in [1.82, 2.24) is 15.4 Å². The molecule has 0 saturated carbocycles. The Morgan fingerprint density at radius 2 is 1.88 bits per heavy atom. The average Bonchev–Trinajstić information content (AvgIpc) is 2.69. The normalized spacial score (nSPS) is 12.5. The van der Waals surface area contributed by atoms with Gasteiger partial charge in [0.15, 0.2) is 4.90 Å². The van der Waals surface area contributed by atoms with Crippen LogP contribution in [0.3, 0.4) is 0 Å². The fourth-order valence-electron chi connectivity index (χ4n) is 2.57. The molecular weight excluding hydrogens is 476 g/mol. The molecule has 0 unspecified atom stereocenters. The van der Waals surface area contributed by atoms with Crippen molar-refractivity contribution in [2.45, 2.75) is 50.8 Å². The first-order valence-electron chi connectivity index (χ1n) is 10.0. The fraction of sp³-hybridized carbons (Fsp3) is 0.526. The van der Waals surface area contributed by atoms with Gasteiger partial charge in [0.1, 0.15) is 11.6 Å². The lowest BCUT2D eigenvalue weighted by Crippen LogP contribution is -2.49. The molecule has 0 heterocycles. The van der Waals surface area contributed by atoms with Crippen LogP contribution in [0.1, 0.15) is 33.3 Å². The molecular formula is C19H28N4O10S. The molecule has 1 atom stereocenters. The van der Waals surface area contributed by atoms with Gasteiger partial charge < -0.3 is 25.2 Å². The van der Waals surface area contributed by atoms with Crippen molar-refractivity contribution < 1.29 is 42.3 Å². The Morgan fingerprint density at radius 3 is 2.41 bits per heavy atom. The van der Waals surface area contributed by atoms with E-state index in [1.807, 2.05) is 10.0 Å². The third-order valence-corrected chi connectivity index (χ3v) is 5.37. The van der Waals surface area contributed by atoms with Crippen molar-refractivity contribution >= 4 is 33.7 Å². The molecule has 1 rings (SSSR count). The Labute approximate surface area is 196 Å². The molecule has 0 aromatic heterocycles. The summed E-state index contributed by atoms with van der Waals surface area (Å²) in [6, 6.07) is 1.83. The van der Waals surface area contributed by atoms with Gasteiger partial charge >= 0.3 is 18.0 Å². The number of nitrogens with one attached hydrogen (secondary N) is 3. The maximum Gasteiger partial charge on any atom is 0.408 e. The Kier molecular flexibility index (Phi) is 10.3. The summed E-state index contributed by atoms with van der Waals surface area (Å²) in [4.78, 5) is 44.7. The van der Waals surface area contributed by atoms with Crippen LogP contribution in [0.2, 0.25) is 0 Å². The third kappa shape index (κ3) is 9.29. The number of hydrogen-bond acceptors (Lipinski definition) is 10. The molecule has 0 fully saturated rings. The Bertz CT molecular complexity index is 1020. The monoisotopic (exact) mass is 504 g/mol. The van der Waals surface area contributed by atoms with E-state index in [0.29, 0.717) is 0 Å². The minimum atomic E-state index is -4.57. The van der Waals surface area contributed by atoms with Gasteiger partial charge in [0.25, 0.3) is 5.69 Å². The molecule has 0 saturated heterocycles. The van der Waals surface area contributed by atoms with E-state index in [2.05, 4.69) is 5.32 Å². The molecule has 34 heavy (non-hydrogen) atoms. The third-order valence-electron chi connectivity index (χ3n) is 3.91. The highest BCUT2D eigenvalue weighted by atomic mass is 32.2. The first-order valence-corrected chi connectivity index (χ1v) is 11.5. The number of esters is 1. The van der Waals surface area contributed by atoms with E-state index < -0.39 is 61.7 Å². The van der Waals surface area contributed by atoms with E-state index in [-0.39, 0.29) is 25.3 Å². The number of nitro benzene ring substituents is 1. The second kappa shape index (κ2) is 12.2. The standard InChI is InChI=1S/C19H28N4O10S/c1-5-32-15(24)11-20-9-12-7-6-8-14(16(12)23(28)29)34(30,31)21-10-13(17(25)26)22-18(27)33-19(2,3)4/h6-8,13,20-21H,5,9-11H2,1-4H3,(H,22,27)(H,25,26)/t13-/m0/s1. The number of carboxylic acid groups (broad SMARTS) is 1. The maximum absolute atomic E-state index is 12.8. The number of carbonyl (C=O) groups excluding carboxylic acids is 2. The first kappa shape index (κ1) is 28.7. The predicted octanol–water partition coefficient (Wildman–Crippen LogP) is 0.504. The molecule has 0 aliphatic carbocycles. The summed E-state index contributed by atoms with van der Waals surface area (Å²) in [7, 11) is -4.57. The number of rotatable bonds is 12. The van der Waals surface area contributed by atoms with E-state index in [9.17, 15) is 38.0 Å². The van der Waals surface area contributed by atoms with Crippen LogP contribution in [0.4, 0.5) is 10.5 Å². The second-order valence-corrected chi connectivity index (χ2v) is 9.55. The SMILES string of the molecule is CCOC(=O)CNCc1cccc(S(=O)(=O)NC[C@H](NC(=O)OC(C)(C)C)C(=O)O)c1[N+](=O)[O-]. The number of aliphatic carboxylic acids is 1. The highest BCUT2D eigenvalue weighted by Crippen LogP contribution is 2.27. The summed E-state index contributed by atoms with van der Waals surface area (Å²) in [5.74, 6) is -2.15. The molecule has 0 radical (unpaired) electrons. The van der Waals surface area contributed by atoms with Crippen LogP contribution in [0.25, 0.3) is 0 Å². The summed E-state index contributed by atoms with van der Waals surface area (Å²) < 4.78 is 37.2. The van der Waals surface area contributed by atoms with Gasteiger partial charge in [0, 0.05) is 18.7 Å². The highest BCUT2D eigenvalue weighted by molar-refractivity contribution is 7.89. The van der Waals surface area contributed by atoms with Crippen LogP contribution in [-0.2, 0) is 35.6 Å². The number of para-hydroxylation sites is 1. The van der Waals surface area contributed by atoms with Crippen molar-refractivity contribution in [3.8, 4) is 0 Å². The van der Waals surface area contributed by atoms with Crippen LogP contribution >= 0.6 is 0 Å². The van der Waals surface area contributed by atoms with Gasteiger partial charge in [-0.15, -0.1) is 0 Å². The molecule has 0 aliphatic heterocycles.